The van der Waals surface area contributed by atoms with Crippen molar-refractivity contribution < 1.29 is 42.8 Å². The van der Waals surface area contributed by atoms with Gasteiger partial charge < -0.3 is 33.7 Å². The topological polar surface area (TPSA) is 119 Å². The molecule has 0 aromatic rings. The summed E-state index contributed by atoms with van der Waals surface area (Å²) < 4.78 is 28.8. The lowest BCUT2D eigenvalue weighted by molar-refractivity contribution is -0.151. The Balaban J connectivity index is 1.96. The minimum absolute atomic E-state index is 0.0494. The van der Waals surface area contributed by atoms with Gasteiger partial charge in [-0.3, -0.25) is 0 Å². The molecule has 0 atom stereocenters. The SMILES string of the molecule is C=CC(=O)OCCOC(=O)OCCNC(=O)OC1COCOC1. The highest BCUT2D eigenvalue weighted by Gasteiger charge is 2.18. The second-order valence-corrected chi connectivity index (χ2v) is 4.13. The summed E-state index contributed by atoms with van der Waals surface area (Å²) in [7, 11) is 0. The van der Waals surface area contributed by atoms with Crippen molar-refractivity contribution in [3.63, 3.8) is 0 Å². The zero-order valence-electron chi connectivity index (χ0n) is 12.5. The monoisotopic (exact) mass is 333 g/mol. The van der Waals surface area contributed by atoms with Crippen molar-refractivity contribution in [3.05, 3.63) is 12.7 Å². The third-order valence-electron chi connectivity index (χ3n) is 2.35. The van der Waals surface area contributed by atoms with Crippen LogP contribution in [0.2, 0.25) is 0 Å². The van der Waals surface area contributed by atoms with Crippen LogP contribution in [-0.4, -0.2) is 70.7 Å². The van der Waals surface area contributed by atoms with E-state index < -0.39 is 24.3 Å². The Morgan fingerprint density at radius 2 is 1.74 bits per heavy atom. The van der Waals surface area contributed by atoms with Gasteiger partial charge in [-0.25, -0.2) is 14.4 Å². The molecule has 1 aliphatic rings. The summed E-state index contributed by atoms with van der Waals surface area (Å²) in [4.78, 5) is 33.2. The number of carbonyl (C=O) groups excluding carboxylic acids is 3. The first-order chi connectivity index (χ1) is 11.1. The Bertz CT molecular complexity index is 406. The average molecular weight is 333 g/mol. The Morgan fingerprint density at radius 3 is 2.43 bits per heavy atom. The van der Waals surface area contributed by atoms with Gasteiger partial charge in [0, 0.05) is 6.08 Å². The minimum Gasteiger partial charge on any atom is -0.459 e. The van der Waals surface area contributed by atoms with E-state index in [2.05, 4.69) is 26.1 Å². The molecule has 0 saturated carbocycles. The lowest BCUT2D eigenvalue weighted by atomic mass is 10.4. The Labute approximate surface area is 132 Å². The molecule has 1 fully saturated rings. The molecule has 0 spiro atoms. The van der Waals surface area contributed by atoms with E-state index in [1.54, 1.807) is 0 Å². The summed E-state index contributed by atoms with van der Waals surface area (Å²) >= 11 is 0. The Kier molecular flexibility index (Phi) is 9.17. The molecule has 23 heavy (non-hydrogen) atoms. The van der Waals surface area contributed by atoms with E-state index in [9.17, 15) is 14.4 Å². The molecular formula is C13H19NO9. The molecule has 0 aliphatic carbocycles. The quantitative estimate of drug-likeness (QED) is 0.282. The fraction of sp³-hybridized carbons (Fsp3) is 0.615. The van der Waals surface area contributed by atoms with Crippen LogP contribution in [0.25, 0.3) is 0 Å². The summed E-state index contributed by atoms with van der Waals surface area (Å²) in [6, 6.07) is 0. The van der Waals surface area contributed by atoms with Gasteiger partial charge in [0.15, 0.2) is 6.10 Å². The number of nitrogens with one attached hydrogen (secondary N) is 1. The number of esters is 1. The molecule has 1 aliphatic heterocycles. The third-order valence-corrected chi connectivity index (χ3v) is 2.35. The van der Waals surface area contributed by atoms with Gasteiger partial charge in [-0.1, -0.05) is 6.58 Å². The number of hydrogen-bond acceptors (Lipinski definition) is 9. The number of amides is 1. The van der Waals surface area contributed by atoms with Gasteiger partial charge in [0.25, 0.3) is 0 Å². The molecule has 0 aromatic carbocycles. The van der Waals surface area contributed by atoms with Crippen LogP contribution in [0.4, 0.5) is 9.59 Å². The van der Waals surface area contributed by atoms with Gasteiger partial charge in [-0.05, 0) is 0 Å². The van der Waals surface area contributed by atoms with Gasteiger partial charge in [0.1, 0.15) is 26.6 Å². The Morgan fingerprint density at radius 1 is 1.09 bits per heavy atom. The van der Waals surface area contributed by atoms with Gasteiger partial charge in [-0.15, -0.1) is 0 Å². The van der Waals surface area contributed by atoms with Gasteiger partial charge >= 0.3 is 18.2 Å². The van der Waals surface area contributed by atoms with Crippen molar-refractivity contribution in [1.29, 1.82) is 0 Å². The van der Waals surface area contributed by atoms with Crippen molar-refractivity contribution in [2.24, 2.45) is 0 Å². The van der Waals surface area contributed by atoms with Crippen molar-refractivity contribution in [1.82, 2.24) is 5.32 Å². The maximum Gasteiger partial charge on any atom is 0.508 e. The second-order valence-electron chi connectivity index (χ2n) is 4.13. The number of hydrogen-bond donors (Lipinski definition) is 1. The van der Waals surface area contributed by atoms with Crippen LogP contribution in [-0.2, 0) is 33.2 Å². The molecule has 1 heterocycles. The molecule has 0 radical (unpaired) electrons. The summed E-state index contributed by atoms with van der Waals surface area (Å²) in [5, 5.41) is 2.39. The van der Waals surface area contributed by atoms with Crippen molar-refractivity contribution >= 4 is 18.2 Å². The maximum atomic E-state index is 11.4. The average Bonchev–Trinajstić information content (AvgIpc) is 2.56. The van der Waals surface area contributed by atoms with Crippen LogP contribution in [0.3, 0.4) is 0 Å². The van der Waals surface area contributed by atoms with Crippen molar-refractivity contribution in [2.45, 2.75) is 6.10 Å². The zero-order valence-corrected chi connectivity index (χ0v) is 12.5. The number of alkyl carbamates (subject to hydrolysis) is 1. The fourth-order valence-electron chi connectivity index (χ4n) is 1.38. The van der Waals surface area contributed by atoms with Crippen LogP contribution < -0.4 is 5.32 Å². The third kappa shape index (κ3) is 9.32. The summed E-state index contributed by atoms with van der Waals surface area (Å²) in [6.45, 7) is 3.64. The van der Waals surface area contributed by atoms with E-state index in [0.717, 1.165) is 6.08 Å². The highest BCUT2D eigenvalue weighted by molar-refractivity contribution is 5.81. The summed E-state index contributed by atoms with van der Waals surface area (Å²) in [6.07, 6.45) is -1.08. The molecule has 1 rings (SSSR count). The molecular weight excluding hydrogens is 314 g/mol. The zero-order chi connectivity index (χ0) is 16.9. The molecule has 1 saturated heterocycles. The predicted octanol–water partition coefficient (Wildman–Crippen LogP) is -0.0321. The largest absolute Gasteiger partial charge is 0.508 e. The highest BCUT2D eigenvalue weighted by Crippen LogP contribution is 2.01. The van der Waals surface area contributed by atoms with Crippen molar-refractivity contribution in [3.8, 4) is 0 Å². The predicted molar refractivity (Wildman–Crippen MR) is 73.5 cm³/mol. The smallest absolute Gasteiger partial charge is 0.459 e. The van der Waals surface area contributed by atoms with Crippen LogP contribution >= 0.6 is 0 Å². The molecule has 10 heteroatoms. The van der Waals surface area contributed by atoms with Crippen LogP contribution in [0, 0.1) is 0 Å². The van der Waals surface area contributed by atoms with Gasteiger partial charge in [-0.2, -0.15) is 0 Å². The first kappa shape index (κ1) is 18.7. The molecule has 0 aromatic heterocycles. The van der Waals surface area contributed by atoms with E-state index >= 15 is 0 Å². The van der Waals surface area contributed by atoms with E-state index in [1.165, 1.54) is 0 Å². The first-order valence-corrected chi connectivity index (χ1v) is 6.80. The second kappa shape index (κ2) is 11.3. The molecule has 10 nitrogen and oxygen atoms in total. The number of rotatable bonds is 8. The summed E-state index contributed by atoms with van der Waals surface area (Å²) in [5.41, 5.74) is 0. The lowest BCUT2D eigenvalue weighted by Crippen LogP contribution is -2.38. The molecule has 1 N–H and O–H groups in total. The van der Waals surface area contributed by atoms with E-state index in [0.29, 0.717) is 0 Å². The van der Waals surface area contributed by atoms with Gasteiger partial charge in [0.05, 0.1) is 19.8 Å². The highest BCUT2D eigenvalue weighted by atomic mass is 16.7. The van der Waals surface area contributed by atoms with Crippen LogP contribution in [0.5, 0.6) is 0 Å². The van der Waals surface area contributed by atoms with Crippen LogP contribution in [0.1, 0.15) is 0 Å². The van der Waals surface area contributed by atoms with E-state index in [4.69, 9.17) is 14.2 Å². The lowest BCUT2D eigenvalue weighted by Gasteiger charge is -2.22. The number of carbonyl (C=O) groups is 3. The minimum atomic E-state index is -0.941. The Hall–Kier alpha value is -2.33. The summed E-state index contributed by atoms with van der Waals surface area (Å²) in [5.74, 6) is -0.613. The molecule has 1 amide bonds. The molecule has 0 unspecified atom stereocenters. The van der Waals surface area contributed by atoms with E-state index in [1.807, 2.05) is 0 Å². The van der Waals surface area contributed by atoms with Crippen molar-refractivity contribution in [2.75, 3.05) is 46.4 Å². The van der Waals surface area contributed by atoms with Gasteiger partial charge in [0.2, 0.25) is 0 Å². The number of ether oxygens (including phenoxy) is 6. The van der Waals surface area contributed by atoms with E-state index in [-0.39, 0.29) is 46.4 Å². The standard InChI is InChI=1S/C13H19NO9/c1-2-11(15)20-5-6-22-13(17)21-4-3-14-12(16)23-10-7-18-9-19-8-10/h2,10H,1,3-9H2,(H,14,16). The fourth-order valence-corrected chi connectivity index (χ4v) is 1.38. The molecule has 130 valence electrons. The van der Waals surface area contributed by atoms with Crippen LogP contribution in [0.15, 0.2) is 12.7 Å². The maximum absolute atomic E-state index is 11.4. The molecule has 0 bridgehead atoms. The normalized spacial score (nSPS) is 14.4. The first-order valence-electron chi connectivity index (χ1n) is 6.80.